The van der Waals surface area contributed by atoms with Gasteiger partial charge in [0.25, 0.3) is 10.1 Å². The smallest absolute Gasteiger partial charge is 0.264 e. The number of hydrogen-bond acceptors (Lipinski definition) is 8. The van der Waals surface area contributed by atoms with E-state index >= 15 is 0 Å². The van der Waals surface area contributed by atoms with E-state index in [1.807, 2.05) is 64.1 Å². The maximum absolute atomic E-state index is 12.9. The fourth-order valence-corrected chi connectivity index (χ4v) is 5.13. The lowest BCUT2D eigenvalue weighted by molar-refractivity contribution is -0.117. The summed E-state index contributed by atoms with van der Waals surface area (Å²) >= 11 is 0. The minimum Gasteiger partial charge on any atom is -0.493 e. The number of carbonyl (C=O) groups excluding carboxylic acids is 1. The van der Waals surface area contributed by atoms with Gasteiger partial charge < -0.3 is 19.9 Å². The fourth-order valence-electron chi connectivity index (χ4n) is 4.22. The Morgan fingerprint density at radius 3 is 1.54 bits per heavy atom. The van der Waals surface area contributed by atoms with E-state index in [1.54, 1.807) is 32.9 Å². The van der Waals surface area contributed by atoms with Crippen LogP contribution in [-0.4, -0.2) is 93.0 Å². The first-order valence-corrected chi connectivity index (χ1v) is 19.3. The maximum atomic E-state index is 12.9. The fraction of sp³-hybridized carbons (Fsp3) is 0.625. The van der Waals surface area contributed by atoms with E-state index in [9.17, 15) is 22.0 Å². The first kappa shape index (κ1) is 48.9. The third kappa shape index (κ3) is 23.5. The molecule has 1 aliphatic rings. The van der Waals surface area contributed by atoms with Crippen molar-refractivity contribution in [1.29, 1.82) is 0 Å². The normalized spacial score (nSPS) is 14.5. The third-order valence-electron chi connectivity index (χ3n) is 7.08. The molecule has 2 unspecified atom stereocenters. The molecular formula is C40H66F2N2O7S. The van der Waals surface area contributed by atoms with Gasteiger partial charge in [-0.15, -0.1) is 0 Å². The monoisotopic (exact) mass is 756 g/mol. The second-order valence-corrected chi connectivity index (χ2v) is 17.9. The second kappa shape index (κ2) is 21.6. The highest BCUT2D eigenvalue weighted by atomic mass is 32.2. The zero-order chi connectivity index (χ0) is 40.6. The molecule has 3 rings (SSSR count). The van der Waals surface area contributed by atoms with Crippen LogP contribution in [-0.2, 0) is 24.5 Å². The summed E-state index contributed by atoms with van der Waals surface area (Å²) in [5.41, 5.74) is 1.66. The summed E-state index contributed by atoms with van der Waals surface area (Å²) in [6.45, 7) is 29.0. The van der Waals surface area contributed by atoms with Crippen LogP contribution in [0.1, 0.15) is 94.2 Å². The number of aliphatic hydroxyl groups is 1. The first-order valence-electron chi connectivity index (χ1n) is 17.5. The minimum absolute atomic E-state index is 0.0967. The van der Waals surface area contributed by atoms with Gasteiger partial charge in [0, 0.05) is 42.1 Å². The molecule has 1 aliphatic heterocycles. The largest absolute Gasteiger partial charge is 0.493 e. The molecule has 1 fully saturated rings. The average Bonchev–Trinajstić information content (AvgIpc) is 3.88. The molecule has 1 heterocycles. The number of nitrogens with zero attached hydrogens (tertiary/aromatic N) is 1. The molecule has 2 atom stereocenters. The van der Waals surface area contributed by atoms with E-state index in [2.05, 4.69) is 55.6 Å². The summed E-state index contributed by atoms with van der Waals surface area (Å²) < 4.78 is 61.5. The molecule has 298 valence electrons. The van der Waals surface area contributed by atoms with Crippen molar-refractivity contribution in [2.75, 3.05) is 45.8 Å². The number of aliphatic hydroxyl groups excluding tert-OH is 1. The predicted octanol–water partition coefficient (Wildman–Crippen LogP) is 7.65. The molecule has 52 heavy (non-hydrogen) atoms. The summed E-state index contributed by atoms with van der Waals surface area (Å²) in [6.07, 6.45) is 0.714. The Bertz CT molecular complexity index is 1370. The third-order valence-corrected chi connectivity index (χ3v) is 7.88. The van der Waals surface area contributed by atoms with Crippen molar-refractivity contribution in [3.05, 3.63) is 72.3 Å². The number of halogens is 2. The Morgan fingerprint density at radius 2 is 1.31 bits per heavy atom. The lowest BCUT2D eigenvalue weighted by Gasteiger charge is -2.26. The Labute approximate surface area is 313 Å². The second-order valence-electron chi connectivity index (χ2n) is 16.3. The quantitative estimate of drug-likeness (QED) is 0.129. The van der Waals surface area contributed by atoms with Crippen molar-refractivity contribution < 1.29 is 40.8 Å². The molecule has 0 radical (unpaired) electrons. The molecule has 1 saturated heterocycles. The molecule has 9 nitrogen and oxygen atoms in total. The predicted molar refractivity (Wildman–Crippen MR) is 208 cm³/mol. The number of rotatable bonds is 12. The van der Waals surface area contributed by atoms with Crippen LogP contribution in [0, 0.1) is 5.92 Å². The highest BCUT2D eigenvalue weighted by molar-refractivity contribution is 7.86. The van der Waals surface area contributed by atoms with Gasteiger partial charge in [-0.25, -0.2) is 8.78 Å². The molecule has 2 N–H and O–H groups in total. The van der Waals surface area contributed by atoms with Crippen LogP contribution in [0.25, 0.3) is 0 Å². The highest BCUT2D eigenvalue weighted by Gasteiger charge is 2.29. The van der Waals surface area contributed by atoms with Crippen molar-refractivity contribution >= 4 is 16.0 Å². The van der Waals surface area contributed by atoms with E-state index < -0.39 is 28.6 Å². The van der Waals surface area contributed by atoms with Gasteiger partial charge in [-0.05, 0) is 104 Å². The number of hydrogen-bond donors (Lipinski definition) is 2. The van der Waals surface area contributed by atoms with E-state index in [0.717, 1.165) is 23.1 Å². The van der Waals surface area contributed by atoms with Crippen molar-refractivity contribution in [3.63, 3.8) is 0 Å². The Balaban J connectivity index is 0.000000840. The van der Waals surface area contributed by atoms with Gasteiger partial charge in [-0.2, -0.15) is 8.42 Å². The minimum atomic E-state index is -3.28. The van der Waals surface area contributed by atoms with Crippen molar-refractivity contribution in [2.45, 2.75) is 111 Å². The zero-order valence-electron chi connectivity index (χ0n) is 33.8. The number of benzene rings is 2. The molecule has 2 aromatic rings. The molecule has 0 spiro atoms. The van der Waals surface area contributed by atoms with Crippen molar-refractivity contribution in [1.82, 2.24) is 10.2 Å². The summed E-state index contributed by atoms with van der Waals surface area (Å²) in [4.78, 5) is 13.0. The number of ether oxygens (including phenoxy) is 2. The summed E-state index contributed by atoms with van der Waals surface area (Å²) in [7, 11) is -3.28. The van der Waals surface area contributed by atoms with Crippen LogP contribution < -0.4 is 14.8 Å². The molecule has 0 aliphatic carbocycles. The van der Waals surface area contributed by atoms with Gasteiger partial charge in [0.15, 0.2) is 6.17 Å². The van der Waals surface area contributed by atoms with Crippen LogP contribution in [0.3, 0.4) is 0 Å². The van der Waals surface area contributed by atoms with E-state index in [-0.39, 0.29) is 36.0 Å². The molecular weight excluding hydrogens is 691 g/mol. The van der Waals surface area contributed by atoms with Crippen LogP contribution in [0.15, 0.2) is 61.2 Å². The van der Waals surface area contributed by atoms with Gasteiger partial charge in [0.2, 0.25) is 5.91 Å². The standard InChI is InChI=1S/C22H28F2O3.C7H13NO.C6H13N.C5H12O3S/c1-16(13-25)14-26-20-8-4-17(5-9-20)22(2,3)18-6-10-21(11-7-18)27-15-19(24)12-23;1-5-6(9)8-7(2,3)4;1-6(2,3)7-4-5-7;1-5(2,3)8-9(4,6)7/h4-11,16,19,25H,12-15H2,1-3H3;5H,1H2,2-4H3,(H,8,9);4-5H2,1-3H3;1-4H3. The van der Waals surface area contributed by atoms with E-state index in [0.29, 0.717) is 17.9 Å². The average molecular weight is 757 g/mol. The Hall–Kier alpha value is -3.06. The summed E-state index contributed by atoms with van der Waals surface area (Å²) in [5, 5.41) is 11.8. The maximum Gasteiger partial charge on any atom is 0.264 e. The molecule has 1 amide bonds. The van der Waals surface area contributed by atoms with Crippen molar-refractivity contribution in [2.24, 2.45) is 5.92 Å². The van der Waals surface area contributed by atoms with Gasteiger partial charge in [-0.1, -0.05) is 51.6 Å². The van der Waals surface area contributed by atoms with Gasteiger partial charge in [0.1, 0.15) is 24.8 Å². The van der Waals surface area contributed by atoms with E-state index in [4.69, 9.17) is 14.6 Å². The number of amides is 1. The summed E-state index contributed by atoms with van der Waals surface area (Å²) in [5.74, 6) is 1.27. The lowest BCUT2D eigenvalue weighted by atomic mass is 9.78. The molecule has 0 aromatic heterocycles. The van der Waals surface area contributed by atoms with Gasteiger partial charge >= 0.3 is 0 Å². The Kier molecular flexibility index (Phi) is 20.3. The van der Waals surface area contributed by atoms with Crippen LogP contribution in [0.2, 0.25) is 0 Å². The Morgan fingerprint density at radius 1 is 0.885 bits per heavy atom. The first-order chi connectivity index (χ1) is 23.6. The van der Waals surface area contributed by atoms with Crippen molar-refractivity contribution in [3.8, 4) is 11.5 Å². The SMILES string of the molecule is C=CC(=O)NC(C)(C)C.CC(C)(C)N1CC1.CC(C)(C)OS(C)(=O)=O.CC(CO)COc1ccc(C(C)(C)c2ccc(OCC(F)CF)cc2)cc1. The number of nitrogens with one attached hydrogen (secondary N) is 1. The van der Waals surface area contributed by atoms with Gasteiger partial charge in [0.05, 0.1) is 18.5 Å². The molecule has 2 aromatic carbocycles. The molecule has 0 saturated carbocycles. The molecule has 12 heteroatoms. The number of carbonyl (C=O) groups is 1. The zero-order valence-corrected chi connectivity index (χ0v) is 34.6. The lowest BCUT2D eigenvalue weighted by Crippen LogP contribution is -2.39. The molecule has 0 bridgehead atoms. The van der Waals surface area contributed by atoms with Crippen LogP contribution in [0.5, 0.6) is 11.5 Å². The van der Waals surface area contributed by atoms with Crippen LogP contribution >= 0.6 is 0 Å². The summed E-state index contributed by atoms with van der Waals surface area (Å²) in [6, 6.07) is 15.3. The topological polar surface area (TPSA) is 114 Å². The number of alkyl halides is 2. The van der Waals surface area contributed by atoms with E-state index in [1.165, 1.54) is 19.2 Å². The van der Waals surface area contributed by atoms with Crippen LogP contribution in [0.4, 0.5) is 8.78 Å². The van der Waals surface area contributed by atoms with Gasteiger partial charge in [-0.3, -0.25) is 13.9 Å². The highest BCUT2D eigenvalue weighted by Crippen LogP contribution is 2.33.